The van der Waals surface area contributed by atoms with Crippen molar-refractivity contribution < 1.29 is 24.2 Å². The second kappa shape index (κ2) is 4.64. The Hall–Kier alpha value is -1.34. The van der Waals surface area contributed by atoms with Gasteiger partial charge in [0.05, 0.1) is 19.8 Å². The van der Waals surface area contributed by atoms with E-state index in [1.54, 1.807) is 20.8 Å². The van der Waals surface area contributed by atoms with Crippen LogP contribution in [0.4, 0.5) is 4.79 Å². The van der Waals surface area contributed by atoms with Crippen molar-refractivity contribution >= 4 is 12.0 Å². The highest BCUT2D eigenvalue weighted by atomic mass is 16.6. The smallest absolute Gasteiger partial charge is 0.411 e. The number of aliphatic hydroxyl groups is 1. The fourth-order valence-electron chi connectivity index (χ4n) is 2.28. The Kier molecular flexibility index (Phi) is 3.44. The van der Waals surface area contributed by atoms with Crippen LogP contribution in [0.1, 0.15) is 20.8 Å². The highest BCUT2D eigenvalue weighted by Gasteiger charge is 2.55. The van der Waals surface area contributed by atoms with Gasteiger partial charge in [-0.25, -0.2) is 4.79 Å². The topological polar surface area (TPSA) is 88.1 Å². The molecule has 0 aromatic heterocycles. The van der Waals surface area contributed by atoms with Gasteiger partial charge in [-0.05, 0) is 20.8 Å². The van der Waals surface area contributed by atoms with Crippen molar-refractivity contribution in [3.05, 3.63) is 0 Å². The Balaban J connectivity index is 2.24. The summed E-state index contributed by atoms with van der Waals surface area (Å²) in [6.07, 6.45) is -0.593. The van der Waals surface area contributed by atoms with E-state index in [-0.39, 0.29) is 5.91 Å². The van der Waals surface area contributed by atoms with Crippen LogP contribution in [-0.2, 0) is 14.3 Å². The summed E-state index contributed by atoms with van der Waals surface area (Å²) in [5.41, 5.74) is -1.25. The van der Waals surface area contributed by atoms with Gasteiger partial charge in [-0.1, -0.05) is 0 Å². The third kappa shape index (κ3) is 2.52. The molecule has 2 aliphatic rings. The molecule has 2 saturated heterocycles. The number of amides is 2. The van der Waals surface area contributed by atoms with Crippen LogP contribution in [-0.4, -0.2) is 65.6 Å². The van der Waals surface area contributed by atoms with Crippen molar-refractivity contribution in [2.75, 3.05) is 26.4 Å². The molecule has 0 saturated carbocycles. The first-order valence-electron chi connectivity index (χ1n) is 6.28. The summed E-state index contributed by atoms with van der Waals surface area (Å²) in [5, 5.41) is 12.1. The maximum Gasteiger partial charge on any atom is 0.411 e. The monoisotopic (exact) mass is 272 g/mol. The summed E-state index contributed by atoms with van der Waals surface area (Å²) in [4.78, 5) is 25.4. The molecule has 19 heavy (non-hydrogen) atoms. The molecule has 2 heterocycles. The molecule has 1 spiro atoms. The van der Waals surface area contributed by atoms with E-state index in [4.69, 9.17) is 9.47 Å². The zero-order chi connectivity index (χ0) is 14.3. The van der Waals surface area contributed by atoms with Gasteiger partial charge in [-0.15, -0.1) is 0 Å². The van der Waals surface area contributed by atoms with Crippen LogP contribution in [0.3, 0.4) is 0 Å². The number of hydrogen-bond donors (Lipinski definition) is 2. The number of hydrogen-bond acceptors (Lipinski definition) is 5. The molecule has 108 valence electrons. The van der Waals surface area contributed by atoms with Crippen molar-refractivity contribution in [2.24, 2.45) is 0 Å². The summed E-state index contributed by atoms with van der Waals surface area (Å²) >= 11 is 0. The average Bonchev–Trinajstić information content (AvgIpc) is 2.24. The summed E-state index contributed by atoms with van der Waals surface area (Å²) in [7, 11) is 0. The maximum atomic E-state index is 12.3. The van der Waals surface area contributed by atoms with E-state index >= 15 is 0 Å². The first kappa shape index (κ1) is 14.1. The van der Waals surface area contributed by atoms with Crippen LogP contribution in [0.2, 0.25) is 0 Å². The van der Waals surface area contributed by atoms with Crippen molar-refractivity contribution in [3.8, 4) is 0 Å². The standard InChI is InChI=1S/C12H20N2O5/c1-11(2,3)19-10(17)14-8(4-15)9(16)13-5-12(14)6-18-7-12/h8,15H,4-7H2,1-3H3,(H,13,16). The van der Waals surface area contributed by atoms with Gasteiger partial charge in [0.1, 0.15) is 17.2 Å². The van der Waals surface area contributed by atoms with Gasteiger partial charge < -0.3 is 19.9 Å². The van der Waals surface area contributed by atoms with Gasteiger partial charge in [-0.3, -0.25) is 9.69 Å². The van der Waals surface area contributed by atoms with E-state index in [2.05, 4.69) is 5.32 Å². The van der Waals surface area contributed by atoms with E-state index in [9.17, 15) is 14.7 Å². The molecule has 2 aliphatic heterocycles. The Morgan fingerprint density at radius 1 is 1.58 bits per heavy atom. The minimum atomic E-state index is -0.924. The Morgan fingerprint density at radius 2 is 2.21 bits per heavy atom. The van der Waals surface area contributed by atoms with Crippen molar-refractivity contribution in [1.29, 1.82) is 0 Å². The molecular weight excluding hydrogens is 252 g/mol. The van der Waals surface area contributed by atoms with Gasteiger partial charge in [0.15, 0.2) is 0 Å². The third-order valence-corrected chi connectivity index (χ3v) is 3.22. The van der Waals surface area contributed by atoms with Crippen LogP contribution < -0.4 is 5.32 Å². The number of carbonyl (C=O) groups is 2. The largest absolute Gasteiger partial charge is 0.444 e. The van der Waals surface area contributed by atoms with Gasteiger partial charge in [0.2, 0.25) is 5.91 Å². The molecular formula is C12H20N2O5. The van der Waals surface area contributed by atoms with Gasteiger partial charge in [0, 0.05) is 6.54 Å². The number of rotatable bonds is 1. The van der Waals surface area contributed by atoms with Crippen molar-refractivity contribution in [1.82, 2.24) is 10.2 Å². The predicted octanol–water partition coefficient (Wildman–Crippen LogP) is -0.517. The average molecular weight is 272 g/mol. The number of aliphatic hydroxyl groups excluding tert-OH is 1. The number of ether oxygens (including phenoxy) is 2. The van der Waals surface area contributed by atoms with Crippen LogP contribution in [0.5, 0.6) is 0 Å². The quantitative estimate of drug-likeness (QED) is 0.671. The summed E-state index contributed by atoms with van der Waals surface area (Å²) in [6, 6.07) is -0.924. The lowest BCUT2D eigenvalue weighted by molar-refractivity contribution is -0.173. The number of piperazine rings is 1. The second-order valence-corrected chi connectivity index (χ2v) is 5.98. The molecule has 0 bridgehead atoms. The van der Waals surface area contributed by atoms with E-state index < -0.39 is 29.9 Å². The van der Waals surface area contributed by atoms with Crippen LogP contribution >= 0.6 is 0 Å². The predicted molar refractivity (Wildman–Crippen MR) is 65.5 cm³/mol. The minimum Gasteiger partial charge on any atom is -0.444 e. The zero-order valence-electron chi connectivity index (χ0n) is 11.4. The van der Waals surface area contributed by atoms with Gasteiger partial charge in [-0.2, -0.15) is 0 Å². The Morgan fingerprint density at radius 3 is 2.63 bits per heavy atom. The molecule has 1 unspecified atom stereocenters. The first-order valence-corrected chi connectivity index (χ1v) is 6.28. The third-order valence-electron chi connectivity index (χ3n) is 3.22. The number of nitrogens with one attached hydrogen (secondary N) is 1. The van der Waals surface area contributed by atoms with E-state index in [1.807, 2.05) is 0 Å². The summed E-state index contributed by atoms with van der Waals surface area (Å²) in [6.45, 7) is 5.83. The van der Waals surface area contributed by atoms with Crippen LogP contribution in [0, 0.1) is 0 Å². The van der Waals surface area contributed by atoms with Crippen molar-refractivity contribution in [2.45, 2.75) is 38.0 Å². The molecule has 2 amide bonds. The summed E-state index contributed by atoms with van der Waals surface area (Å²) < 4.78 is 10.5. The SMILES string of the molecule is CC(C)(C)OC(=O)N1C(CO)C(=O)NCC12COC2. The molecule has 7 nitrogen and oxygen atoms in total. The number of carbonyl (C=O) groups excluding carboxylic acids is 2. The van der Waals surface area contributed by atoms with Gasteiger partial charge in [0.25, 0.3) is 0 Å². The lowest BCUT2D eigenvalue weighted by atomic mass is 9.90. The minimum absolute atomic E-state index is 0.321. The lowest BCUT2D eigenvalue weighted by Crippen LogP contribution is -2.77. The van der Waals surface area contributed by atoms with Gasteiger partial charge >= 0.3 is 6.09 Å². The lowest BCUT2D eigenvalue weighted by Gasteiger charge is -2.54. The molecule has 0 radical (unpaired) electrons. The Labute approximate surface area is 111 Å². The molecule has 0 aliphatic carbocycles. The molecule has 0 aromatic rings. The normalized spacial score (nSPS) is 25.8. The molecule has 0 aromatic carbocycles. The highest BCUT2D eigenvalue weighted by Crippen LogP contribution is 2.31. The first-order chi connectivity index (χ1) is 8.79. The molecule has 7 heteroatoms. The van der Waals surface area contributed by atoms with Crippen LogP contribution in [0.25, 0.3) is 0 Å². The Bertz CT molecular complexity index is 386. The van der Waals surface area contributed by atoms with Crippen molar-refractivity contribution in [3.63, 3.8) is 0 Å². The molecule has 2 fully saturated rings. The fraction of sp³-hybridized carbons (Fsp3) is 0.833. The summed E-state index contributed by atoms with van der Waals surface area (Å²) in [5.74, 6) is -0.370. The van der Waals surface area contributed by atoms with E-state index in [1.165, 1.54) is 4.90 Å². The second-order valence-electron chi connectivity index (χ2n) is 5.98. The van der Waals surface area contributed by atoms with E-state index in [0.717, 1.165) is 0 Å². The molecule has 2 rings (SSSR count). The fourth-order valence-corrected chi connectivity index (χ4v) is 2.28. The van der Waals surface area contributed by atoms with E-state index in [0.29, 0.717) is 19.8 Å². The zero-order valence-corrected chi connectivity index (χ0v) is 11.4. The molecule has 2 N–H and O–H groups in total. The maximum absolute atomic E-state index is 12.3. The highest BCUT2D eigenvalue weighted by molar-refractivity contribution is 5.88. The van der Waals surface area contributed by atoms with Crippen LogP contribution in [0.15, 0.2) is 0 Å². The molecule has 1 atom stereocenters. The number of nitrogens with zero attached hydrogens (tertiary/aromatic N) is 1.